The molecule has 2 aromatic carbocycles. The van der Waals surface area contributed by atoms with Crippen LogP contribution >= 0.6 is 11.8 Å². The van der Waals surface area contributed by atoms with Crippen molar-refractivity contribution in [2.24, 2.45) is 0 Å². The minimum atomic E-state index is -3.41. The molecule has 4 rings (SSSR count). The molecule has 33 heavy (non-hydrogen) atoms. The Bertz CT molecular complexity index is 1210. The average molecular weight is 486 g/mol. The third-order valence-corrected chi connectivity index (χ3v) is 8.11. The van der Waals surface area contributed by atoms with E-state index in [2.05, 4.69) is 15.3 Å². The van der Waals surface area contributed by atoms with Crippen molar-refractivity contribution in [3.63, 3.8) is 0 Å². The first-order chi connectivity index (χ1) is 16.0. The fourth-order valence-electron chi connectivity index (χ4n) is 3.73. The lowest BCUT2D eigenvalue weighted by Crippen LogP contribution is -2.51. The number of carbonyl (C=O) groups excluding carboxylic acids is 1. The molecule has 10 heteroatoms. The van der Waals surface area contributed by atoms with Crippen LogP contribution < -0.4 is 5.32 Å². The Kier molecular flexibility index (Phi) is 7.46. The zero-order valence-corrected chi connectivity index (χ0v) is 20.1. The number of hydrogen-bond acceptors (Lipinski definition) is 7. The number of carbonyl (C=O) groups is 1. The molecule has 3 aromatic rings. The summed E-state index contributed by atoms with van der Waals surface area (Å²) in [5, 5.41) is 4.75. The number of anilines is 1. The first kappa shape index (κ1) is 23.5. The van der Waals surface area contributed by atoms with Gasteiger partial charge in [-0.15, -0.1) is 0 Å². The molecular formula is C23H27N5O3S2. The largest absolute Gasteiger partial charge is 0.370 e. The predicted molar refractivity (Wildman–Crippen MR) is 132 cm³/mol. The van der Waals surface area contributed by atoms with Crippen LogP contribution in [0.3, 0.4) is 0 Å². The Morgan fingerprint density at radius 3 is 2.42 bits per heavy atom. The molecule has 1 saturated heterocycles. The molecule has 0 saturated carbocycles. The summed E-state index contributed by atoms with van der Waals surface area (Å²) in [6, 6.07) is 16.9. The van der Waals surface area contributed by atoms with E-state index in [-0.39, 0.29) is 17.4 Å². The van der Waals surface area contributed by atoms with E-state index in [1.807, 2.05) is 61.5 Å². The lowest BCUT2D eigenvalue weighted by atomic mass is 10.2. The summed E-state index contributed by atoms with van der Waals surface area (Å²) in [7, 11) is -3.41. The van der Waals surface area contributed by atoms with Crippen molar-refractivity contribution < 1.29 is 13.2 Å². The molecule has 174 valence electrons. The molecule has 0 bridgehead atoms. The number of aromatic nitrogens is 2. The molecule has 1 aliphatic rings. The van der Waals surface area contributed by atoms with Crippen molar-refractivity contribution in [2.45, 2.75) is 17.8 Å². The van der Waals surface area contributed by atoms with Gasteiger partial charge in [0, 0.05) is 38.1 Å². The maximum Gasteiger partial charge on any atom is 0.233 e. The van der Waals surface area contributed by atoms with Gasteiger partial charge >= 0.3 is 0 Å². The van der Waals surface area contributed by atoms with Crippen molar-refractivity contribution in [3.8, 4) is 0 Å². The molecule has 1 fully saturated rings. The number of amides is 1. The van der Waals surface area contributed by atoms with Crippen LogP contribution in [0.2, 0.25) is 0 Å². The number of para-hydroxylation sites is 1. The van der Waals surface area contributed by atoms with Gasteiger partial charge in [-0.1, -0.05) is 54.2 Å². The van der Waals surface area contributed by atoms with Gasteiger partial charge in [-0.2, -0.15) is 4.31 Å². The van der Waals surface area contributed by atoms with Gasteiger partial charge in [0.2, 0.25) is 15.9 Å². The molecule has 0 spiro atoms. The zero-order valence-electron chi connectivity index (χ0n) is 18.5. The van der Waals surface area contributed by atoms with E-state index in [1.54, 1.807) is 4.90 Å². The summed E-state index contributed by atoms with van der Waals surface area (Å²) in [6.45, 7) is 4.13. The summed E-state index contributed by atoms with van der Waals surface area (Å²) in [5.41, 5.74) is 1.59. The van der Waals surface area contributed by atoms with E-state index in [0.29, 0.717) is 31.3 Å². The van der Waals surface area contributed by atoms with E-state index >= 15 is 0 Å². The fraction of sp³-hybridized carbons (Fsp3) is 0.348. The Hall–Kier alpha value is -2.69. The predicted octanol–water partition coefficient (Wildman–Crippen LogP) is 2.83. The fourth-order valence-corrected chi connectivity index (χ4v) is 6.00. The van der Waals surface area contributed by atoms with E-state index in [1.165, 1.54) is 16.1 Å². The van der Waals surface area contributed by atoms with E-state index in [4.69, 9.17) is 0 Å². The summed E-state index contributed by atoms with van der Waals surface area (Å²) < 4.78 is 26.9. The molecule has 1 amide bonds. The van der Waals surface area contributed by atoms with Crippen molar-refractivity contribution in [1.82, 2.24) is 19.2 Å². The van der Waals surface area contributed by atoms with Crippen molar-refractivity contribution in [1.29, 1.82) is 0 Å². The first-order valence-corrected chi connectivity index (χ1v) is 13.5. The van der Waals surface area contributed by atoms with Crippen LogP contribution in [0.4, 0.5) is 5.82 Å². The molecule has 0 unspecified atom stereocenters. The van der Waals surface area contributed by atoms with Gasteiger partial charge in [-0.05, 0) is 24.6 Å². The highest BCUT2D eigenvalue weighted by molar-refractivity contribution is 7.99. The minimum Gasteiger partial charge on any atom is -0.370 e. The minimum absolute atomic E-state index is 0.0227. The van der Waals surface area contributed by atoms with Crippen LogP contribution in [0.5, 0.6) is 0 Å². The summed E-state index contributed by atoms with van der Waals surface area (Å²) >= 11 is 1.30. The molecular weight excluding hydrogens is 458 g/mol. The van der Waals surface area contributed by atoms with E-state index in [9.17, 15) is 13.2 Å². The summed E-state index contributed by atoms with van der Waals surface area (Å²) in [4.78, 5) is 23.6. The second kappa shape index (κ2) is 10.5. The van der Waals surface area contributed by atoms with E-state index in [0.717, 1.165) is 28.8 Å². The lowest BCUT2D eigenvalue weighted by molar-refractivity contribution is -0.129. The molecule has 1 N–H and O–H groups in total. The molecule has 0 atom stereocenters. The Balaban J connectivity index is 1.33. The molecule has 1 aliphatic heterocycles. The van der Waals surface area contributed by atoms with Crippen LogP contribution in [0.25, 0.3) is 10.9 Å². The molecule has 0 radical (unpaired) electrons. The van der Waals surface area contributed by atoms with Gasteiger partial charge in [0.15, 0.2) is 5.16 Å². The summed E-state index contributed by atoms with van der Waals surface area (Å²) in [6.07, 6.45) is 0. The van der Waals surface area contributed by atoms with Gasteiger partial charge in [0.1, 0.15) is 5.82 Å². The van der Waals surface area contributed by atoms with Crippen LogP contribution in [-0.4, -0.2) is 72.0 Å². The number of fused-ring (bicyclic) bond motifs is 1. The smallest absolute Gasteiger partial charge is 0.233 e. The van der Waals surface area contributed by atoms with Crippen LogP contribution in [0.15, 0.2) is 59.8 Å². The maximum atomic E-state index is 12.8. The highest BCUT2D eigenvalue weighted by atomic mass is 32.2. The Morgan fingerprint density at radius 1 is 1.00 bits per heavy atom. The number of sulfonamides is 1. The highest BCUT2D eigenvalue weighted by Gasteiger charge is 2.29. The molecule has 1 aromatic heterocycles. The molecule has 0 aliphatic carbocycles. The zero-order chi connectivity index (χ0) is 23.3. The molecule has 2 heterocycles. The number of hydrogen-bond donors (Lipinski definition) is 1. The third-order valence-electron chi connectivity index (χ3n) is 5.43. The van der Waals surface area contributed by atoms with Crippen molar-refractivity contribution >= 4 is 44.4 Å². The van der Waals surface area contributed by atoms with Crippen molar-refractivity contribution in [3.05, 3.63) is 60.2 Å². The quantitative estimate of drug-likeness (QED) is 0.387. The number of rotatable bonds is 8. The van der Waals surface area contributed by atoms with Crippen molar-refractivity contribution in [2.75, 3.05) is 43.8 Å². The van der Waals surface area contributed by atoms with Crippen LogP contribution in [0, 0.1) is 0 Å². The maximum absolute atomic E-state index is 12.8. The van der Waals surface area contributed by atoms with Gasteiger partial charge in [-0.25, -0.2) is 18.4 Å². The third kappa shape index (κ3) is 5.82. The topological polar surface area (TPSA) is 95.5 Å². The second-order valence-corrected chi connectivity index (χ2v) is 10.6. The Labute approximate surface area is 198 Å². The number of nitrogens with one attached hydrogen (secondary N) is 1. The van der Waals surface area contributed by atoms with Crippen LogP contribution in [-0.2, 0) is 20.6 Å². The highest BCUT2D eigenvalue weighted by Crippen LogP contribution is 2.24. The number of thioether (sulfide) groups is 1. The summed E-state index contributed by atoms with van der Waals surface area (Å²) in [5.74, 6) is 0.906. The van der Waals surface area contributed by atoms with Gasteiger partial charge < -0.3 is 10.2 Å². The average Bonchev–Trinajstić information content (AvgIpc) is 2.83. The first-order valence-electron chi connectivity index (χ1n) is 10.9. The lowest BCUT2D eigenvalue weighted by Gasteiger charge is -2.34. The number of benzene rings is 2. The van der Waals surface area contributed by atoms with Crippen LogP contribution in [0.1, 0.15) is 12.5 Å². The van der Waals surface area contributed by atoms with E-state index < -0.39 is 10.0 Å². The van der Waals surface area contributed by atoms with Gasteiger partial charge in [0.25, 0.3) is 0 Å². The Morgan fingerprint density at radius 2 is 1.70 bits per heavy atom. The second-order valence-electron chi connectivity index (χ2n) is 7.71. The SMILES string of the molecule is CCNc1nc(SCC(=O)N2CCN(S(=O)(=O)Cc3ccccc3)CC2)nc2ccccc12. The standard InChI is InChI=1S/C23H27N5O3S2/c1-2-24-22-19-10-6-7-11-20(19)25-23(26-22)32-16-21(29)27-12-14-28(15-13-27)33(30,31)17-18-8-4-3-5-9-18/h3-11H,2,12-17H2,1H3,(H,24,25,26). The van der Waals surface area contributed by atoms with Gasteiger partial charge in [-0.3, -0.25) is 4.79 Å². The van der Waals surface area contributed by atoms with Gasteiger partial charge in [0.05, 0.1) is 17.0 Å². The molecule has 8 nitrogen and oxygen atoms in total. The monoisotopic (exact) mass is 485 g/mol. The number of nitrogens with zero attached hydrogens (tertiary/aromatic N) is 4. The normalized spacial score (nSPS) is 15.0. The number of piperazine rings is 1.